The van der Waals surface area contributed by atoms with Crippen LogP contribution in [0.1, 0.15) is 36.2 Å². The molecule has 2 aromatic heterocycles. The van der Waals surface area contributed by atoms with E-state index in [1.165, 1.54) is 20.4 Å². The Morgan fingerprint density at radius 2 is 1.97 bits per heavy atom. The molecule has 1 N–H and O–H groups in total. The summed E-state index contributed by atoms with van der Waals surface area (Å²) in [5.74, 6) is 0.300. The van der Waals surface area contributed by atoms with Gasteiger partial charge in [0.05, 0.1) is 48.3 Å². The summed E-state index contributed by atoms with van der Waals surface area (Å²) in [5, 5.41) is 16.1. The van der Waals surface area contributed by atoms with Crippen molar-refractivity contribution in [2.24, 2.45) is 0 Å². The third kappa shape index (κ3) is 4.30. The van der Waals surface area contributed by atoms with E-state index in [1.807, 2.05) is 13.8 Å². The maximum absolute atomic E-state index is 12.6. The standard InChI is InChI=1S/C19H26ClN5O4/c1-12-16(20)13(2)25(23-12)8-5-15(26)24-9-6-19(27,7-10-24)14-11-21-18(29-4)22-17(14)28-3/h11,27H,5-10H2,1-4H3. The minimum Gasteiger partial charge on any atom is -0.481 e. The molecule has 0 aliphatic carbocycles. The van der Waals surface area contributed by atoms with E-state index in [-0.39, 0.29) is 17.8 Å². The van der Waals surface area contributed by atoms with Gasteiger partial charge in [0.2, 0.25) is 11.8 Å². The van der Waals surface area contributed by atoms with Crippen molar-refractivity contribution in [1.82, 2.24) is 24.6 Å². The highest BCUT2D eigenvalue weighted by atomic mass is 35.5. The number of ether oxygens (including phenoxy) is 2. The Morgan fingerprint density at radius 1 is 1.28 bits per heavy atom. The Labute approximate surface area is 174 Å². The van der Waals surface area contributed by atoms with Crippen molar-refractivity contribution in [3.63, 3.8) is 0 Å². The number of aromatic nitrogens is 4. The van der Waals surface area contributed by atoms with E-state index in [4.69, 9.17) is 21.1 Å². The van der Waals surface area contributed by atoms with Gasteiger partial charge in [-0.25, -0.2) is 4.98 Å². The Hall–Kier alpha value is -2.39. The second kappa shape index (κ2) is 8.54. The number of halogens is 1. The van der Waals surface area contributed by atoms with Crippen molar-refractivity contribution < 1.29 is 19.4 Å². The van der Waals surface area contributed by atoms with Crippen LogP contribution in [0.3, 0.4) is 0 Å². The predicted octanol–water partition coefficient (Wildman–Crippen LogP) is 1.86. The first-order chi connectivity index (χ1) is 13.8. The predicted molar refractivity (Wildman–Crippen MR) is 106 cm³/mol. The first kappa shape index (κ1) is 21.3. The zero-order valence-corrected chi connectivity index (χ0v) is 17.9. The van der Waals surface area contributed by atoms with Crippen molar-refractivity contribution >= 4 is 17.5 Å². The largest absolute Gasteiger partial charge is 0.481 e. The average molecular weight is 424 g/mol. The second-order valence-electron chi connectivity index (χ2n) is 7.15. The lowest BCUT2D eigenvalue weighted by molar-refractivity contribution is -0.136. The number of aryl methyl sites for hydroxylation is 2. The molecule has 9 nitrogen and oxygen atoms in total. The fourth-order valence-corrected chi connectivity index (χ4v) is 3.71. The van der Waals surface area contributed by atoms with Crippen molar-refractivity contribution in [2.75, 3.05) is 27.3 Å². The van der Waals surface area contributed by atoms with Gasteiger partial charge in [-0.15, -0.1) is 0 Å². The Balaban J connectivity index is 1.62. The zero-order chi connectivity index (χ0) is 21.2. The molecular formula is C19H26ClN5O4. The number of methoxy groups -OCH3 is 2. The molecule has 0 atom stereocenters. The normalized spacial score (nSPS) is 16.0. The van der Waals surface area contributed by atoms with Gasteiger partial charge < -0.3 is 19.5 Å². The summed E-state index contributed by atoms with van der Waals surface area (Å²) in [5.41, 5.74) is 0.967. The average Bonchev–Trinajstić information content (AvgIpc) is 2.98. The maximum atomic E-state index is 12.6. The molecule has 1 aliphatic heterocycles. The van der Waals surface area contributed by atoms with Gasteiger partial charge in [-0.2, -0.15) is 10.1 Å². The SMILES string of the molecule is COc1ncc(C2(O)CCN(C(=O)CCn3nc(C)c(Cl)c3C)CC2)c(OC)n1. The first-order valence-electron chi connectivity index (χ1n) is 9.44. The fraction of sp³-hybridized carbons (Fsp3) is 0.579. The van der Waals surface area contributed by atoms with Gasteiger partial charge in [0, 0.05) is 25.7 Å². The lowest BCUT2D eigenvalue weighted by Crippen LogP contribution is -2.45. The minimum absolute atomic E-state index is 0.0219. The molecule has 0 spiro atoms. The van der Waals surface area contributed by atoms with E-state index in [1.54, 1.807) is 9.58 Å². The Kier molecular flexibility index (Phi) is 6.28. The van der Waals surface area contributed by atoms with Crippen LogP contribution >= 0.6 is 11.6 Å². The zero-order valence-electron chi connectivity index (χ0n) is 17.1. The topological polar surface area (TPSA) is 103 Å². The Bertz CT molecular complexity index is 893. The summed E-state index contributed by atoms with van der Waals surface area (Å²) in [4.78, 5) is 22.6. The van der Waals surface area contributed by atoms with E-state index in [2.05, 4.69) is 15.1 Å². The number of likely N-dealkylation sites (tertiary alicyclic amines) is 1. The molecule has 3 rings (SSSR count). The molecule has 10 heteroatoms. The number of hydrogen-bond donors (Lipinski definition) is 1. The third-order valence-electron chi connectivity index (χ3n) is 5.38. The summed E-state index contributed by atoms with van der Waals surface area (Å²) >= 11 is 6.16. The molecule has 0 aromatic carbocycles. The van der Waals surface area contributed by atoms with Crippen LogP contribution in [0.15, 0.2) is 6.20 Å². The lowest BCUT2D eigenvalue weighted by Gasteiger charge is -2.38. The number of nitrogens with zero attached hydrogens (tertiary/aromatic N) is 5. The molecule has 29 heavy (non-hydrogen) atoms. The Morgan fingerprint density at radius 3 is 2.52 bits per heavy atom. The van der Waals surface area contributed by atoms with E-state index < -0.39 is 5.60 Å². The maximum Gasteiger partial charge on any atom is 0.319 e. The monoisotopic (exact) mass is 423 g/mol. The number of hydrogen-bond acceptors (Lipinski definition) is 7. The second-order valence-corrected chi connectivity index (χ2v) is 7.53. The van der Waals surface area contributed by atoms with E-state index in [9.17, 15) is 9.90 Å². The van der Waals surface area contributed by atoms with Crippen LogP contribution in [0.25, 0.3) is 0 Å². The minimum atomic E-state index is -1.16. The van der Waals surface area contributed by atoms with Crippen LogP contribution in [0.4, 0.5) is 0 Å². The molecule has 1 amide bonds. The first-order valence-corrected chi connectivity index (χ1v) is 9.82. The smallest absolute Gasteiger partial charge is 0.319 e. The summed E-state index contributed by atoms with van der Waals surface area (Å²) in [6.45, 7) is 5.07. The number of piperidine rings is 1. The van der Waals surface area contributed by atoms with Crippen LogP contribution in [-0.2, 0) is 16.9 Å². The third-order valence-corrected chi connectivity index (χ3v) is 5.93. The highest BCUT2D eigenvalue weighted by molar-refractivity contribution is 6.31. The number of rotatable bonds is 6. The molecule has 0 radical (unpaired) electrons. The van der Waals surface area contributed by atoms with E-state index >= 15 is 0 Å². The van der Waals surface area contributed by atoms with Gasteiger partial charge in [0.15, 0.2) is 0 Å². The van der Waals surface area contributed by atoms with Gasteiger partial charge in [0.25, 0.3) is 0 Å². The van der Waals surface area contributed by atoms with Gasteiger partial charge in [-0.05, 0) is 26.7 Å². The van der Waals surface area contributed by atoms with Gasteiger partial charge >= 0.3 is 6.01 Å². The number of carbonyl (C=O) groups excluding carboxylic acids is 1. The highest BCUT2D eigenvalue weighted by Crippen LogP contribution is 2.37. The molecule has 0 unspecified atom stereocenters. The molecule has 1 aliphatic rings. The van der Waals surface area contributed by atoms with E-state index in [0.29, 0.717) is 49.5 Å². The van der Waals surface area contributed by atoms with Crippen LogP contribution < -0.4 is 9.47 Å². The van der Waals surface area contributed by atoms with Crippen LogP contribution in [0, 0.1) is 13.8 Å². The molecular weight excluding hydrogens is 398 g/mol. The van der Waals surface area contributed by atoms with E-state index in [0.717, 1.165) is 11.4 Å². The van der Waals surface area contributed by atoms with Gasteiger partial charge in [-0.1, -0.05) is 11.6 Å². The van der Waals surface area contributed by atoms with Crippen LogP contribution in [0.5, 0.6) is 11.9 Å². The number of carbonyl (C=O) groups is 1. The number of amides is 1. The number of aliphatic hydroxyl groups is 1. The van der Waals surface area contributed by atoms with Crippen molar-refractivity contribution in [2.45, 2.75) is 45.3 Å². The lowest BCUT2D eigenvalue weighted by atomic mass is 9.85. The van der Waals surface area contributed by atoms with Gasteiger partial charge in [-0.3, -0.25) is 9.48 Å². The van der Waals surface area contributed by atoms with Crippen LogP contribution in [0.2, 0.25) is 5.02 Å². The molecule has 0 saturated carbocycles. The van der Waals surface area contributed by atoms with Crippen molar-refractivity contribution in [3.05, 3.63) is 28.2 Å². The molecule has 2 aromatic rings. The molecule has 1 saturated heterocycles. The summed E-state index contributed by atoms with van der Waals surface area (Å²) in [6.07, 6.45) is 2.59. The van der Waals surface area contributed by atoms with Gasteiger partial charge in [0.1, 0.15) is 0 Å². The van der Waals surface area contributed by atoms with Crippen molar-refractivity contribution in [3.8, 4) is 11.9 Å². The molecule has 3 heterocycles. The van der Waals surface area contributed by atoms with Crippen molar-refractivity contribution in [1.29, 1.82) is 0 Å². The summed E-state index contributed by atoms with van der Waals surface area (Å²) in [7, 11) is 2.95. The summed E-state index contributed by atoms with van der Waals surface area (Å²) in [6, 6.07) is 0.172. The molecule has 1 fully saturated rings. The quantitative estimate of drug-likeness (QED) is 0.756. The molecule has 0 bridgehead atoms. The molecule has 158 valence electrons. The van der Waals surface area contributed by atoms with Crippen LogP contribution in [-0.4, -0.2) is 63.0 Å². The summed E-state index contributed by atoms with van der Waals surface area (Å²) < 4.78 is 12.1. The highest BCUT2D eigenvalue weighted by Gasteiger charge is 2.38. The fourth-order valence-electron chi connectivity index (χ4n) is 3.57.